The summed E-state index contributed by atoms with van der Waals surface area (Å²) in [5.74, 6) is 3.85. The van der Waals surface area contributed by atoms with E-state index in [1.54, 1.807) is 0 Å². The third-order valence-electron chi connectivity index (χ3n) is 8.68. The molecule has 0 amide bonds. The van der Waals surface area contributed by atoms with Crippen LogP contribution in [0.25, 0.3) is 0 Å². The second kappa shape index (κ2) is 11.2. The molecule has 4 atom stereocenters. The number of hydrogen-bond acceptors (Lipinski definition) is 4. The SMILES string of the molecule is C[C@H](CS)C/C=C/C[C@@H]1CC[C@H]1CN1C[C@@]2(CCCc3cc(Cl)ccc32)COc2ccc(C=O)cc21. The maximum atomic E-state index is 11.6. The van der Waals surface area contributed by atoms with Crippen molar-refractivity contribution in [1.82, 2.24) is 0 Å². The number of carbonyl (C=O) groups excluding carboxylic acids is 1. The van der Waals surface area contributed by atoms with E-state index in [4.69, 9.17) is 16.3 Å². The molecule has 0 saturated heterocycles. The number of allylic oxidation sites excluding steroid dienone is 2. The van der Waals surface area contributed by atoms with Gasteiger partial charge in [0.1, 0.15) is 12.0 Å². The van der Waals surface area contributed by atoms with Crippen LogP contribution in [-0.4, -0.2) is 31.7 Å². The molecule has 1 aliphatic heterocycles. The molecular formula is C31H38ClNO2S. The van der Waals surface area contributed by atoms with Crippen molar-refractivity contribution in [2.75, 3.05) is 30.3 Å². The molecule has 3 aliphatic rings. The first-order valence-electron chi connectivity index (χ1n) is 13.5. The zero-order valence-corrected chi connectivity index (χ0v) is 22.9. The van der Waals surface area contributed by atoms with Crippen LogP contribution in [-0.2, 0) is 11.8 Å². The average Bonchev–Trinajstić information content (AvgIpc) is 3.03. The van der Waals surface area contributed by atoms with E-state index in [0.717, 1.165) is 79.6 Å². The summed E-state index contributed by atoms with van der Waals surface area (Å²) < 4.78 is 6.52. The van der Waals surface area contributed by atoms with Gasteiger partial charge in [-0.1, -0.05) is 36.7 Å². The van der Waals surface area contributed by atoms with Crippen LogP contribution in [0.4, 0.5) is 5.69 Å². The zero-order valence-electron chi connectivity index (χ0n) is 21.3. The molecule has 1 fully saturated rings. The van der Waals surface area contributed by atoms with Gasteiger partial charge in [0.25, 0.3) is 0 Å². The van der Waals surface area contributed by atoms with Gasteiger partial charge in [0.15, 0.2) is 0 Å². The number of fused-ring (bicyclic) bond motifs is 3. The summed E-state index contributed by atoms with van der Waals surface area (Å²) in [7, 11) is 0. The Labute approximate surface area is 226 Å². The highest BCUT2D eigenvalue weighted by molar-refractivity contribution is 7.80. The van der Waals surface area contributed by atoms with Gasteiger partial charge < -0.3 is 9.64 Å². The van der Waals surface area contributed by atoms with Gasteiger partial charge in [-0.25, -0.2) is 0 Å². The lowest BCUT2D eigenvalue weighted by Gasteiger charge is -2.44. The maximum absolute atomic E-state index is 11.6. The average molecular weight is 524 g/mol. The van der Waals surface area contributed by atoms with Gasteiger partial charge in [0.05, 0.1) is 12.3 Å². The summed E-state index contributed by atoms with van der Waals surface area (Å²) in [5.41, 5.74) is 4.46. The summed E-state index contributed by atoms with van der Waals surface area (Å²) in [6, 6.07) is 12.3. The van der Waals surface area contributed by atoms with E-state index in [-0.39, 0.29) is 5.41 Å². The van der Waals surface area contributed by atoms with E-state index in [2.05, 4.69) is 48.7 Å². The Bertz CT molecular complexity index is 1120. The Balaban J connectivity index is 1.40. The Morgan fingerprint density at radius 2 is 2.06 bits per heavy atom. The molecule has 5 heteroatoms. The van der Waals surface area contributed by atoms with Crippen molar-refractivity contribution in [3.8, 4) is 5.75 Å². The quantitative estimate of drug-likeness (QED) is 0.220. The van der Waals surface area contributed by atoms with E-state index in [1.807, 2.05) is 24.3 Å². The van der Waals surface area contributed by atoms with Crippen LogP contribution in [0.3, 0.4) is 0 Å². The van der Waals surface area contributed by atoms with Gasteiger partial charge in [0, 0.05) is 29.1 Å². The number of anilines is 1. The lowest BCUT2D eigenvalue weighted by atomic mass is 9.69. The molecule has 2 aromatic rings. The number of hydrogen-bond donors (Lipinski definition) is 1. The van der Waals surface area contributed by atoms with Crippen molar-refractivity contribution in [1.29, 1.82) is 0 Å². The number of rotatable bonds is 8. The molecular weight excluding hydrogens is 486 g/mol. The van der Waals surface area contributed by atoms with E-state index in [1.165, 1.54) is 24.0 Å². The molecule has 5 rings (SSSR count). The van der Waals surface area contributed by atoms with E-state index in [9.17, 15) is 4.79 Å². The molecule has 36 heavy (non-hydrogen) atoms. The molecule has 2 aromatic carbocycles. The van der Waals surface area contributed by atoms with Crippen LogP contribution >= 0.6 is 24.2 Å². The Morgan fingerprint density at radius 3 is 2.83 bits per heavy atom. The smallest absolute Gasteiger partial charge is 0.150 e. The van der Waals surface area contributed by atoms with Gasteiger partial charge >= 0.3 is 0 Å². The molecule has 2 aliphatic carbocycles. The minimum Gasteiger partial charge on any atom is -0.490 e. The zero-order chi connectivity index (χ0) is 25.1. The van der Waals surface area contributed by atoms with Gasteiger partial charge in [-0.15, -0.1) is 0 Å². The van der Waals surface area contributed by atoms with Crippen LogP contribution in [0.1, 0.15) is 66.9 Å². The number of nitrogens with zero attached hydrogens (tertiary/aromatic N) is 1. The fraction of sp³-hybridized carbons (Fsp3) is 0.516. The van der Waals surface area contributed by atoms with Crippen molar-refractivity contribution in [3.63, 3.8) is 0 Å². The van der Waals surface area contributed by atoms with Crippen molar-refractivity contribution in [3.05, 3.63) is 70.3 Å². The van der Waals surface area contributed by atoms with Crippen LogP contribution in [0, 0.1) is 17.8 Å². The van der Waals surface area contributed by atoms with E-state index < -0.39 is 0 Å². The van der Waals surface area contributed by atoms with Crippen molar-refractivity contribution < 1.29 is 9.53 Å². The summed E-state index contributed by atoms with van der Waals surface area (Å²) in [4.78, 5) is 14.2. The number of ether oxygens (including phenoxy) is 1. The van der Waals surface area contributed by atoms with Crippen molar-refractivity contribution >= 4 is 36.2 Å². The van der Waals surface area contributed by atoms with Crippen molar-refractivity contribution in [2.45, 2.75) is 57.3 Å². The molecule has 0 radical (unpaired) electrons. The first-order valence-corrected chi connectivity index (χ1v) is 14.5. The lowest BCUT2D eigenvalue weighted by Crippen LogP contribution is -2.48. The fourth-order valence-corrected chi connectivity index (χ4v) is 6.69. The molecule has 1 heterocycles. The highest BCUT2D eigenvalue weighted by atomic mass is 35.5. The number of aryl methyl sites for hydroxylation is 1. The number of halogens is 1. The summed E-state index contributed by atoms with van der Waals surface area (Å²) in [5, 5.41) is 0.810. The molecule has 0 unspecified atom stereocenters. The molecule has 1 saturated carbocycles. The van der Waals surface area contributed by atoms with E-state index in [0.29, 0.717) is 24.0 Å². The number of carbonyl (C=O) groups is 1. The highest BCUT2D eigenvalue weighted by Gasteiger charge is 2.43. The predicted molar refractivity (Wildman–Crippen MR) is 153 cm³/mol. The van der Waals surface area contributed by atoms with Crippen LogP contribution in [0.5, 0.6) is 5.75 Å². The largest absolute Gasteiger partial charge is 0.490 e. The highest BCUT2D eigenvalue weighted by Crippen LogP contribution is 2.46. The minimum atomic E-state index is -0.0688. The fourth-order valence-electron chi connectivity index (χ4n) is 6.35. The molecule has 0 N–H and O–H groups in total. The summed E-state index contributed by atoms with van der Waals surface area (Å²) in [6.45, 7) is 4.83. The summed E-state index contributed by atoms with van der Waals surface area (Å²) in [6.07, 6.45) is 13.8. The second-order valence-electron chi connectivity index (χ2n) is 11.3. The Morgan fingerprint density at radius 1 is 1.19 bits per heavy atom. The van der Waals surface area contributed by atoms with Gasteiger partial charge in [-0.2, -0.15) is 12.6 Å². The first-order chi connectivity index (χ1) is 17.5. The minimum absolute atomic E-state index is 0.0688. The number of aldehydes is 1. The lowest BCUT2D eigenvalue weighted by molar-refractivity contribution is 0.112. The number of benzene rings is 2. The molecule has 1 spiro atoms. The Kier molecular flexibility index (Phi) is 8.02. The topological polar surface area (TPSA) is 29.5 Å². The third kappa shape index (κ3) is 5.36. The van der Waals surface area contributed by atoms with Gasteiger partial charge in [-0.3, -0.25) is 4.79 Å². The third-order valence-corrected chi connectivity index (χ3v) is 9.54. The second-order valence-corrected chi connectivity index (χ2v) is 12.1. The molecule has 192 valence electrons. The standard InChI is InChI=1S/C31H38ClNO2S/c1-22(19-36)5-2-3-6-24-9-10-26(24)17-33-20-31(14-4-7-25-16-27(32)11-12-28(25)31)21-35-30-13-8-23(18-34)15-29(30)33/h2-3,8,11-13,15-16,18,22,24,26,36H,4-7,9-10,14,17,19-21H2,1H3/b3-2+/t22-,24+,26-,31-/m0/s1. The van der Waals surface area contributed by atoms with Gasteiger partial charge in [0.2, 0.25) is 0 Å². The molecule has 0 aromatic heterocycles. The van der Waals surface area contributed by atoms with Crippen LogP contribution < -0.4 is 9.64 Å². The van der Waals surface area contributed by atoms with Crippen molar-refractivity contribution in [2.24, 2.45) is 17.8 Å². The molecule has 3 nitrogen and oxygen atoms in total. The van der Waals surface area contributed by atoms with E-state index >= 15 is 0 Å². The molecule has 0 bridgehead atoms. The van der Waals surface area contributed by atoms with Crippen LogP contribution in [0.2, 0.25) is 5.02 Å². The van der Waals surface area contributed by atoms with Crippen LogP contribution in [0.15, 0.2) is 48.6 Å². The monoisotopic (exact) mass is 523 g/mol. The normalized spacial score (nSPS) is 26.0. The Hall–Kier alpha value is -1.91. The number of thiol groups is 1. The summed E-state index contributed by atoms with van der Waals surface area (Å²) >= 11 is 10.8. The maximum Gasteiger partial charge on any atom is 0.150 e. The first kappa shape index (κ1) is 25.7. The van der Waals surface area contributed by atoms with Gasteiger partial charge in [-0.05, 0) is 110 Å². The predicted octanol–water partition coefficient (Wildman–Crippen LogP) is 7.55.